The SMILES string of the molecule is CCC(=O)N1CCC[C@@]2(C1)CN(c1ncc(F)c(N3CCOCC3)n1)CC[C@@H]2O. The number of aliphatic hydroxyl groups excluding tert-OH is 1. The molecule has 3 saturated heterocycles. The number of anilines is 2. The highest BCUT2D eigenvalue weighted by molar-refractivity contribution is 5.76. The van der Waals surface area contributed by atoms with Crippen molar-refractivity contribution in [2.24, 2.45) is 5.41 Å². The number of aromatic nitrogens is 2. The van der Waals surface area contributed by atoms with Gasteiger partial charge in [-0.15, -0.1) is 0 Å². The van der Waals surface area contributed by atoms with E-state index in [1.54, 1.807) is 0 Å². The van der Waals surface area contributed by atoms with Crippen LogP contribution in [0.1, 0.15) is 32.6 Å². The number of hydrogen-bond donors (Lipinski definition) is 1. The molecule has 1 spiro atoms. The van der Waals surface area contributed by atoms with Crippen LogP contribution in [0.5, 0.6) is 0 Å². The molecule has 0 bridgehead atoms. The molecular formula is C20H30FN5O3. The van der Waals surface area contributed by atoms with Gasteiger partial charge < -0.3 is 24.5 Å². The lowest BCUT2D eigenvalue weighted by molar-refractivity contribution is -0.137. The third-order valence-corrected chi connectivity index (χ3v) is 6.46. The van der Waals surface area contributed by atoms with Gasteiger partial charge in [-0.25, -0.2) is 9.37 Å². The number of carbonyl (C=O) groups excluding carboxylic acids is 1. The van der Waals surface area contributed by atoms with E-state index in [2.05, 4.69) is 9.97 Å². The maximum Gasteiger partial charge on any atom is 0.227 e. The fourth-order valence-corrected chi connectivity index (χ4v) is 4.82. The van der Waals surface area contributed by atoms with Gasteiger partial charge in [0.1, 0.15) is 0 Å². The first-order valence-corrected chi connectivity index (χ1v) is 10.6. The largest absolute Gasteiger partial charge is 0.392 e. The molecule has 8 nitrogen and oxygen atoms in total. The van der Waals surface area contributed by atoms with Gasteiger partial charge >= 0.3 is 0 Å². The molecule has 1 aromatic rings. The van der Waals surface area contributed by atoms with E-state index in [0.29, 0.717) is 70.5 Å². The van der Waals surface area contributed by atoms with Crippen LogP contribution in [0.4, 0.5) is 16.2 Å². The Morgan fingerprint density at radius 1 is 1.28 bits per heavy atom. The Morgan fingerprint density at radius 3 is 2.83 bits per heavy atom. The zero-order chi connectivity index (χ0) is 20.4. The molecule has 9 heteroatoms. The average Bonchev–Trinajstić information content (AvgIpc) is 2.76. The first-order chi connectivity index (χ1) is 14.0. The molecule has 0 unspecified atom stereocenters. The van der Waals surface area contributed by atoms with Crippen LogP contribution in [0.15, 0.2) is 6.20 Å². The van der Waals surface area contributed by atoms with Crippen molar-refractivity contribution < 1.29 is 19.0 Å². The number of amides is 1. The Kier molecular flexibility index (Phi) is 5.87. The van der Waals surface area contributed by atoms with Crippen LogP contribution < -0.4 is 9.80 Å². The van der Waals surface area contributed by atoms with E-state index in [1.165, 1.54) is 6.20 Å². The summed E-state index contributed by atoms with van der Waals surface area (Å²) in [5, 5.41) is 10.8. The molecule has 3 aliphatic heterocycles. The normalized spacial score (nSPS) is 28.1. The van der Waals surface area contributed by atoms with Crippen LogP contribution in [0.2, 0.25) is 0 Å². The fourth-order valence-electron chi connectivity index (χ4n) is 4.82. The molecule has 0 saturated carbocycles. The van der Waals surface area contributed by atoms with Crippen molar-refractivity contribution in [2.75, 3.05) is 62.3 Å². The van der Waals surface area contributed by atoms with Crippen molar-refractivity contribution in [1.29, 1.82) is 0 Å². The Labute approximate surface area is 170 Å². The number of halogens is 1. The van der Waals surface area contributed by atoms with Crippen LogP contribution in [-0.4, -0.2) is 84.5 Å². The highest BCUT2D eigenvalue weighted by Gasteiger charge is 2.46. The quantitative estimate of drug-likeness (QED) is 0.802. The van der Waals surface area contributed by atoms with Gasteiger partial charge in [0.15, 0.2) is 11.6 Å². The molecule has 1 N–H and O–H groups in total. The minimum atomic E-state index is -0.467. The summed E-state index contributed by atoms with van der Waals surface area (Å²) in [5.74, 6) is 0.490. The van der Waals surface area contributed by atoms with Crippen LogP contribution in [0, 0.1) is 11.2 Å². The van der Waals surface area contributed by atoms with Crippen molar-refractivity contribution in [3.8, 4) is 0 Å². The summed E-state index contributed by atoms with van der Waals surface area (Å²) in [5.41, 5.74) is -0.391. The maximum atomic E-state index is 14.4. The van der Waals surface area contributed by atoms with Gasteiger partial charge in [-0.3, -0.25) is 4.79 Å². The number of nitrogens with zero attached hydrogens (tertiary/aromatic N) is 5. The van der Waals surface area contributed by atoms with E-state index in [1.807, 2.05) is 21.6 Å². The van der Waals surface area contributed by atoms with Crippen molar-refractivity contribution >= 4 is 17.7 Å². The molecule has 4 rings (SSSR count). The van der Waals surface area contributed by atoms with Crippen LogP contribution >= 0.6 is 0 Å². The molecule has 1 aromatic heterocycles. The highest BCUT2D eigenvalue weighted by atomic mass is 19.1. The van der Waals surface area contributed by atoms with Gasteiger partial charge in [-0.1, -0.05) is 6.92 Å². The van der Waals surface area contributed by atoms with Crippen LogP contribution in [0.25, 0.3) is 0 Å². The molecule has 1 amide bonds. The molecule has 0 aliphatic carbocycles. The number of rotatable bonds is 3. The molecule has 2 atom stereocenters. The summed E-state index contributed by atoms with van der Waals surface area (Å²) in [7, 11) is 0. The summed E-state index contributed by atoms with van der Waals surface area (Å²) in [6, 6.07) is 0. The molecule has 3 aliphatic rings. The van der Waals surface area contributed by atoms with E-state index in [9.17, 15) is 14.3 Å². The van der Waals surface area contributed by atoms with Gasteiger partial charge in [0.05, 0.1) is 25.5 Å². The minimum Gasteiger partial charge on any atom is -0.392 e. The van der Waals surface area contributed by atoms with E-state index in [0.717, 1.165) is 19.4 Å². The first-order valence-electron chi connectivity index (χ1n) is 10.6. The van der Waals surface area contributed by atoms with E-state index >= 15 is 0 Å². The van der Waals surface area contributed by atoms with Gasteiger partial charge in [-0.2, -0.15) is 4.98 Å². The Balaban J connectivity index is 1.55. The number of morpholine rings is 1. The number of likely N-dealkylation sites (tertiary alicyclic amines) is 1. The van der Waals surface area contributed by atoms with Gasteiger partial charge in [0.25, 0.3) is 0 Å². The average molecular weight is 407 g/mol. The lowest BCUT2D eigenvalue weighted by Gasteiger charge is -2.51. The third-order valence-electron chi connectivity index (χ3n) is 6.46. The maximum absolute atomic E-state index is 14.4. The molecule has 4 heterocycles. The van der Waals surface area contributed by atoms with Gasteiger partial charge in [-0.05, 0) is 19.3 Å². The zero-order valence-electron chi connectivity index (χ0n) is 17.0. The second kappa shape index (κ2) is 8.39. The predicted molar refractivity (Wildman–Crippen MR) is 106 cm³/mol. The number of carbonyl (C=O) groups is 1. The molecule has 0 aromatic carbocycles. The zero-order valence-corrected chi connectivity index (χ0v) is 17.0. The van der Waals surface area contributed by atoms with Crippen LogP contribution in [-0.2, 0) is 9.53 Å². The van der Waals surface area contributed by atoms with Crippen LogP contribution in [0.3, 0.4) is 0 Å². The second-order valence-corrected chi connectivity index (χ2v) is 8.30. The first kappa shape index (κ1) is 20.3. The van der Waals surface area contributed by atoms with Gasteiger partial charge in [0, 0.05) is 51.1 Å². The molecular weight excluding hydrogens is 377 g/mol. The fraction of sp³-hybridized carbons (Fsp3) is 0.750. The number of hydrogen-bond acceptors (Lipinski definition) is 7. The Hall–Kier alpha value is -2.00. The van der Waals surface area contributed by atoms with Gasteiger partial charge in [0.2, 0.25) is 11.9 Å². The van der Waals surface area contributed by atoms with E-state index < -0.39 is 17.3 Å². The lowest BCUT2D eigenvalue weighted by atomic mass is 9.71. The summed E-state index contributed by atoms with van der Waals surface area (Å²) in [4.78, 5) is 26.9. The predicted octanol–water partition coefficient (Wildman–Crippen LogP) is 1.04. The van der Waals surface area contributed by atoms with Crippen molar-refractivity contribution in [2.45, 2.75) is 38.7 Å². The third kappa shape index (κ3) is 4.02. The number of ether oxygens (including phenoxy) is 1. The van der Waals surface area contributed by atoms with Crippen molar-refractivity contribution in [1.82, 2.24) is 14.9 Å². The van der Waals surface area contributed by atoms with E-state index in [4.69, 9.17) is 4.74 Å². The van der Waals surface area contributed by atoms with Crippen molar-refractivity contribution in [3.05, 3.63) is 12.0 Å². The number of piperidine rings is 2. The summed E-state index contributed by atoms with van der Waals surface area (Å²) >= 11 is 0. The molecule has 0 radical (unpaired) electrons. The Bertz CT molecular complexity index is 745. The monoisotopic (exact) mass is 407 g/mol. The topological polar surface area (TPSA) is 82.0 Å². The molecule has 160 valence electrons. The Morgan fingerprint density at radius 2 is 2.07 bits per heavy atom. The second-order valence-electron chi connectivity index (χ2n) is 8.30. The highest BCUT2D eigenvalue weighted by Crippen LogP contribution is 2.40. The van der Waals surface area contributed by atoms with E-state index in [-0.39, 0.29) is 5.91 Å². The lowest BCUT2D eigenvalue weighted by Crippen LogP contribution is -2.60. The minimum absolute atomic E-state index is 0.126. The summed E-state index contributed by atoms with van der Waals surface area (Å²) in [6.45, 7) is 6.65. The van der Waals surface area contributed by atoms with Crippen molar-refractivity contribution in [3.63, 3.8) is 0 Å². The summed E-state index contributed by atoms with van der Waals surface area (Å²) in [6.07, 6.45) is 3.56. The molecule has 3 fully saturated rings. The standard InChI is InChI=1S/C20H30FN5O3/c1-2-17(28)25-6-3-5-20(13-25)14-26(7-4-16(20)27)19-22-12-15(21)18(23-19)24-8-10-29-11-9-24/h12,16,27H,2-11,13-14H2,1H3/t16-,20+/m0/s1. The summed E-state index contributed by atoms with van der Waals surface area (Å²) < 4.78 is 19.8. The number of aliphatic hydroxyl groups is 1. The smallest absolute Gasteiger partial charge is 0.227 e. The molecule has 29 heavy (non-hydrogen) atoms.